The first-order valence-corrected chi connectivity index (χ1v) is 9.85. The van der Waals surface area contributed by atoms with Crippen molar-refractivity contribution >= 4 is 11.9 Å². The Bertz CT molecular complexity index is 1000. The van der Waals surface area contributed by atoms with E-state index in [0.717, 1.165) is 36.0 Å². The van der Waals surface area contributed by atoms with Crippen LogP contribution in [0.4, 0.5) is 4.79 Å². The van der Waals surface area contributed by atoms with Crippen molar-refractivity contribution in [3.63, 3.8) is 0 Å². The molecule has 0 radical (unpaired) electrons. The SMILES string of the molecule is COc1cc(C)c(CN2C(=O)N[C@](C)(c3ccc4c(c3)CCC4)C2=O)cc1OC. The van der Waals surface area contributed by atoms with Crippen LogP contribution in [0.25, 0.3) is 0 Å². The molecular weight excluding hydrogens is 368 g/mol. The zero-order valence-corrected chi connectivity index (χ0v) is 17.3. The topological polar surface area (TPSA) is 67.9 Å². The molecule has 6 heteroatoms. The van der Waals surface area contributed by atoms with Crippen molar-refractivity contribution in [2.45, 2.75) is 45.2 Å². The van der Waals surface area contributed by atoms with Gasteiger partial charge in [-0.25, -0.2) is 4.79 Å². The van der Waals surface area contributed by atoms with E-state index in [1.807, 2.05) is 25.1 Å². The summed E-state index contributed by atoms with van der Waals surface area (Å²) in [6, 6.07) is 9.42. The average molecular weight is 394 g/mol. The molecule has 3 amide bonds. The van der Waals surface area contributed by atoms with Gasteiger partial charge >= 0.3 is 6.03 Å². The van der Waals surface area contributed by atoms with E-state index >= 15 is 0 Å². The van der Waals surface area contributed by atoms with Crippen molar-refractivity contribution in [3.8, 4) is 11.5 Å². The van der Waals surface area contributed by atoms with Crippen LogP contribution in [0.3, 0.4) is 0 Å². The first-order valence-electron chi connectivity index (χ1n) is 9.85. The zero-order valence-electron chi connectivity index (χ0n) is 17.3. The van der Waals surface area contributed by atoms with Crippen LogP contribution in [-0.2, 0) is 29.7 Å². The summed E-state index contributed by atoms with van der Waals surface area (Å²) in [5, 5.41) is 2.91. The Morgan fingerprint density at radius 2 is 1.72 bits per heavy atom. The molecule has 29 heavy (non-hydrogen) atoms. The van der Waals surface area contributed by atoms with Crippen molar-refractivity contribution in [1.29, 1.82) is 0 Å². The minimum atomic E-state index is -1.06. The number of ether oxygens (including phenoxy) is 2. The van der Waals surface area contributed by atoms with Crippen molar-refractivity contribution < 1.29 is 19.1 Å². The van der Waals surface area contributed by atoms with E-state index in [0.29, 0.717) is 11.5 Å². The van der Waals surface area contributed by atoms with Crippen LogP contribution in [0.15, 0.2) is 30.3 Å². The predicted octanol–water partition coefficient (Wildman–Crippen LogP) is 3.47. The van der Waals surface area contributed by atoms with Gasteiger partial charge in [-0.3, -0.25) is 9.69 Å². The highest BCUT2D eigenvalue weighted by Crippen LogP contribution is 2.35. The number of carbonyl (C=O) groups excluding carboxylic acids is 2. The minimum absolute atomic E-state index is 0.178. The molecule has 1 aliphatic heterocycles. The van der Waals surface area contributed by atoms with Gasteiger partial charge in [-0.05, 0) is 73.1 Å². The van der Waals surface area contributed by atoms with Crippen molar-refractivity contribution in [3.05, 3.63) is 58.1 Å². The number of hydrogen-bond acceptors (Lipinski definition) is 4. The third kappa shape index (κ3) is 3.12. The number of urea groups is 1. The minimum Gasteiger partial charge on any atom is -0.493 e. The summed E-state index contributed by atoms with van der Waals surface area (Å²) in [5.74, 6) is 0.949. The quantitative estimate of drug-likeness (QED) is 0.789. The van der Waals surface area contributed by atoms with Crippen molar-refractivity contribution in [2.75, 3.05) is 14.2 Å². The lowest BCUT2D eigenvalue weighted by atomic mass is 9.89. The second-order valence-electron chi connectivity index (χ2n) is 7.92. The lowest BCUT2D eigenvalue weighted by molar-refractivity contribution is -0.131. The fraction of sp³-hybridized carbons (Fsp3) is 0.391. The highest BCUT2D eigenvalue weighted by molar-refractivity contribution is 6.07. The van der Waals surface area contributed by atoms with Gasteiger partial charge in [-0.2, -0.15) is 0 Å². The van der Waals surface area contributed by atoms with E-state index in [2.05, 4.69) is 17.4 Å². The molecule has 2 aromatic rings. The van der Waals surface area contributed by atoms with Gasteiger partial charge in [0.25, 0.3) is 5.91 Å². The van der Waals surface area contributed by atoms with Crippen LogP contribution in [0.2, 0.25) is 0 Å². The van der Waals surface area contributed by atoms with Crippen LogP contribution in [0.5, 0.6) is 11.5 Å². The molecule has 1 aliphatic carbocycles. The summed E-state index contributed by atoms with van der Waals surface area (Å²) in [4.78, 5) is 27.3. The second kappa shape index (κ2) is 7.10. The number of carbonyl (C=O) groups is 2. The maximum Gasteiger partial charge on any atom is 0.325 e. The molecule has 1 heterocycles. The number of aryl methyl sites for hydroxylation is 3. The summed E-state index contributed by atoms with van der Waals surface area (Å²) in [6.45, 7) is 3.89. The molecule has 0 bridgehead atoms. The number of benzene rings is 2. The van der Waals surface area contributed by atoms with E-state index in [9.17, 15) is 9.59 Å². The van der Waals surface area contributed by atoms with E-state index in [-0.39, 0.29) is 18.5 Å². The highest BCUT2D eigenvalue weighted by Gasteiger charge is 2.49. The zero-order chi connectivity index (χ0) is 20.8. The summed E-state index contributed by atoms with van der Waals surface area (Å²) in [6.07, 6.45) is 3.24. The lowest BCUT2D eigenvalue weighted by Crippen LogP contribution is -2.41. The number of nitrogens with zero attached hydrogens (tertiary/aromatic N) is 1. The predicted molar refractivity (Wildman–Crippen MR) is 109 cm³/mol. The standard InChI is InChI=1S/C23H26N2O4/c1-14-10-19(28-3)20(29-4)12-17(14)13-25-21(26)23(2,24-22(25)27)18-9-8-15-6-5-7-16(15)11-18/h8-12H,5-7,13H2,1-4H3,(H,24,27)/t23-/m1/s1. The molecule has 0 aromatic heterocycles. The average Bonchev–Trinajstić information content (AvgIpc) is 3.27. The lowest BCUT2D eigenvalue weighted by Gasteiger charge is -2.23. The molecule has 6 nitrogen and oxygen atoms in total. The Morgan fingerprint density at radius 3 is 2.45 bits per heavy atom. The normalized spacial score (nSPS) is 20.6. The van der Waals surface area contributed by atoms with Gasteiger partial charge in [-0.15, -0.1) is 0 Å². The molecule has 1 N–H and O–H groups in total. The Balaban J connectivity index is 1.64. The summed E-state index contributed by atoms with van der Waals surface area (Å²) in [5.41, 5.74) is 4.16. The monoisotopic (exact) mass is 394 g/mol. The number of amides is 3. The number of hydrogen-bond donors (Lipinski definition) is 1. The number of fused-ring (bicyclic) bond motifs is 1. The van der Waals surface area contributed by atoms with Crippen LogP contribution >= 0.6 is 0 Å². The van der Waals surface area contributed by atoms with Crippen LogP contribution in [0.1, 0.15) is 41.2 Å². The van der Waals surface area contributed by atoms with Crippen molar-refractivity contribution in [2.24, 2.45) is 0 Å². The van der Waals surface area contributed by atoms with Gasteiger partial charge in [0.15, 0.2) is 11.5 Å². The molecule has 1 atom stereocenters. The van der Waals surface area contributed by atoms with Crippen LogP contribution < -0.4 is 14.8 Å². The molecule has 1 saturated heterocycles. The molecule has 0 spiro atoms. The Kier molecular flexibility index (Phi) is 4.73. The van der Waals surface area contributed by atoms with Gasteiger partial charge in [0, 0.05) is 0 Å². The third-order valence-electron chi connectivity index (χ3n) is 6.12. The fourth-order valence-electron chi connectivity index (χ4n) is 4.28. The first kappa shape index (κ1) is 19.3. The molecule has 0 unspecified atom stereocenters. The van der Waals surface area contributed by atoms with E-state index in [1.165, 1.54) is 16.0 Å². The summed E-state index contributed by atoms with van der Waals surface area (Å²) in [7, 11) is 3.14. The second-order valence-corrected chi connectivity index (χ2v) is 7.92. The first-order chi connectivity index (χ1) is 13.9. The van der Waals surface area contributed by atoms with Crippen LogP contribution in [-0.4, -0.2) is 31.1 Å². The largest absolute Gasteiger partial charge is 0.493 e. The fourth-order valence-corrected chi connectivity index (χ4v) is 4.28. The molecule has 2 aromatic carbocycles. The van der Waals surface area contributed by atoms with E-state index < -0.39 is 5.54 Å². The summed E-state index contributed by atoms with van der Waals surface area (Å²) < 4.78 is 10.7. The molecule has 0 saturated carbocycles. The maximum atomic E-state index is 13.3. The third-order valence-corrected chi connectivity index (χ3v) is 6.12. The Morgan fingerprint density at radius 1 is 1.03 bits per heavy atom. The Labute approximate surface area is 170 Å². The van der Waals surface area contributed by atoms with Gasteiger partial charge in [0.1, 0.15) is 5.54 Å². The van der Waals surface area contributed by atoms with Crippen LogP contribution in [0, 0.1) is 6.92 Å². The van der Waals surface area contributed by atoms with Gasteiger partial charge in [-0.1, -0.05) is 18.2 Å². The Hall–Kier alpha value is -3.02. The molecular formula is C23H26N2O4. The number of rotatable bonds is 5. The number of nitrogens with one attached hydrogen (secondary N) is 1. The molecule has 152 valence electrons. The van der Waals surface area contributed by atoms with E-state index in [4.69, 9.17) is 9.47 Å². The maximum absolute atomic E-state index is 13.3. The van der Waals surface area contributed by atoms with Gasteiger partial charge in [0.05, 0.1) is 20.8 Å². The molecule has 4 rings (SSSR count). The smallest absolute Gasteiger partial charge is 0.325 e. The van der Waals surface area contributed by atoms with E-state index in [1.54, 1.807) is 21.1 Å². The number of methoxy groups -OCH3 is 2. The van der Waals surface area contributed by atoms with Gasteiger partial charge < -0.3 is 14.8 Å². The summed E-state index contributed by atoms with van der Waals surface area (Å²) >= 11 is 0. The highest BCUT2D eigenvalue weighted by atomic mass is 16.5. The number of imide groups is 1. The van der Waals surface area contributed by atoms with Crippen molar-refractivity contribution in [1.82, 2.24) is 10.2 Å². The van der Waals surface area contributed by atoms with Gasteiger partial charge in [0.2, 0.25) is 0 Å². The molecule has 1 fully saturated rings. The molecule has 2 aliphatic rings.